The molecule has 0 bridgehead atoms. The van der Waals surface area contributed by atoms with Crippen molar-refractivity contribution in [3.63, 3.8) is 0 Å². The molecule has 3 rings (SSSR count). The number of likely N-dealkylation sites (tertiary alicyclic amines) is 2. The van der Waals surface area contributed by atoms with Gasteiger partial charge in [-0.25, -0.2) is 0 Å². The number of morpholine rings is 1. The molecule has 6 heteroatoms. The molecule has 0 aromatic heterocycles. The molecule has 2 amide bonds. The summed E-state index contributed by atoms with van der Waals surface area (Å²) in [5.74, 6) is 0.342. The van der Waals surface area contributed by atoms with Crippen LogP contribution >= 0.6 is 0 Å². The maximum Gasteiger partial charge on any atom is 0.223 e. The molecule has 136 valence electrons. The van der Waals surface area contributed by atoms with Gasteiger partial charge in [0, 0.05) is 33.0 Å². The molecule has 3 saturated heterocycles. The van der Waals surface area contributed by atoms with Crippen LogP contribution in [0.1, 0.15) is 45.4 Å². The Morgan fingerprint density at radius 2 is 1.71 bits per heavy atom. The topological polar surface area (TPSA) is 53.1 Å². The van der Waals surface area contributed by atoms with Gasteiger partial charge in [0.25, 0.3) is 0 Å². The van der Waals surface area contributed by atoms with Crippen LogP contribution in [0.4, 0.5) is 0 Å². The van der Waals surface area contributed by atoms with Crippen molar-refractivity contribution in [1.82, 2.24) is 14.7 Å². The average Bonchev–Trinajstić information content (AvgIpc) is 2.60. The second kappa shape index (κ2) is 7.83. The van der Waals surface area contributed by atoms with Crippen LogP contribution < -0.4 is 0 Å². The largest absolute Gasteiger partial charge is 0.369 e. The van der Waals surface area contributed by atoms with Crippen LogP contribution in [0.2, 0.25) is 0 Å². The zero-order valence-electron chi connectivity index (χ0n) is 15.0. The number of piperidine rings is 2. The molecule has 24 heavy (non-hydrogen) atoms. The Bertz CT molecular complexity index is 460. The smallest absolute Gasteiger partial charge is 0.223 e. The molecule has 0 N–H and O–H groups in total. The standard InChI is InChI=1S/C18H31N3O3/c1-16(22)20-12-13-24-18(14-20)7-5-10-21(15-18)17(23)6-11-19-8-3-2-4-9-19/h2-15H2,1H3. The van der Waals surface area contributed by atoms with Gasteiger partial charge in [-0.15, -0.1) is 0 Å². The number of hydrogen-bond donors (Lipinski definition) is 0. The lowest BCUT2D eigenvalue weighted by Crippen LogP contribution is -2.61. The number of ether oxygens (including phenoxy) is 1. The fourth-order valence-electron chi connectivity index (χ4n) is 4.27. The third-order valence-electron chi connectivity index (χ3n) is 5.68. The number of carbonyl (C=O) groups is 2. The first kappa shape index (κ1) is 17.7. The molecule has 0 aromatic carbocycles. The number of hydrogen-bond acceptors (Lipinski definition) is 4. The van der Waals surface area contributed by atoms with E-state index in [9.17, 15) is 9.59 Å². The van der Waals surface area contributed by atoms with Crippen molar-refractivity contribution in [2.75, 3.05) is 52.4 Å². The highest BCUT2D eigenvalue weighted by atomic mass is 16.5. The van der Waals surface area contributed by atoms with Gasteiger partial charge in [0.15, 0.2) is 0 Å². The van der Waals surface area contributed by atoms with Crippen LogP contribution in [-0.4, -0.2) is 84.5 Å². The van der Waals surface area contributed by atoms with E-state index in [2.05, 4.69) is 4.90 Å². The summed E-state index contributed by atoms with van der Waals surface area (Å²) >= 11 is 0. The van der Waals surface area contributed by atoms with Crippen LogP contribution in [0.5, 0.6) is 0 Å². The Balaban J connectivity index is 1.52. The summed E-state index contributed by atoms with van der Waals surface area (Å²) in [4.78, 5) is 30.6. The molecule has 1 spiro atoms. The van der Waals surface area contributed by atoms with Gasteiger partial charge in [-0.05, 0) is 38.8 Å². The molecule has 0 saturated carbocycles. The zero-order valence-corrected chi connectivity index (χ0v) is 15.0. The van der Waals surface area contributed by atoms with E-state index < -0.39 is 0 Å². The summed E-state index contributed by atoms with van der Waals surface area (Å²) < 4.78 is 6.06. The highest BCUT2D eigenvalue weighted by molar-refractivity contribution is 5.76. The summed E-state index contributed by atoms with van der Waals surface area (Å²) in [5, 5.41) is 0. The first-order valence-electron chi connectivity index (χ1n) is 9.48. The van der Waals surface area contributed by atoms with Gasteiger partial charge in [0.1, 0.15) is 5.60 Å². The van der Waals surface area contributed by atoms with E-state index in [4.69, 9.17) is 4.74 Å². The molecule has 0 aliphatic carbocycles. The van der Waals surface area contributed by atoms with Crippen molar-refractivity contribution in [1.29, 1.82) is 0 Å². The van der Waals surface area contributed by atoms with Gasteiger partial charge >= 0.3 is 0 Å². The molecule has 3 fully saturated rings. The molecule has 6 nitrogen and oxygen atoms in total. The first-order valence-corrected chi connectivity index (χ1v) is 9.48. The Kier molecular flexibility index (Phi) is 5.76. The molecule has 0 aromatic rings. The highest BCUT2D eigenvalue weighted by Crippen LogP contribution is 2.29. The second-order valence-electron chi connectivity index (χ2n) is 7.54. The summed E-state index contributed by atoms with van der Waals surface area (Å²) in [6, 6.07) is 0. The molecule has 3 heterocycles. The number of nitrogens with zero attached hydrogens (tertiary/aromatic N) is 3. The molecule has 1 atom stereocenters. The fraction of sp³-hybridized carbons (Fsp3) is 0.889. The molecule has 3 aliphatic rings. The summed E-state index contributed by atoms with van der Waals surface area (Å²) in [6.45, 7) is 8.08. The van der Waals surface area contributed by atoms with Crippen molar-refractivity contribution in [2.24, 2.45) is 0 Å². The van der Waals surface area contributed by atoms with Gasteiger partial charge in [-0.3, -0.25) is 9.59 Å². The van der Waals surface area contributed by atoms with Crippen molar-refractivity contribution in [2.45, 2.75) is 51.0 Å². The fourth-order valence-corrected chi connectivity index (χ4v) is 4.27. The van der Waals surface area contributed by atoms with E-state index in [0.717, 1.165) is 39.0 Å². The second-order valence-corrected chi connectivity index (χ2v) is 7.54. The average molecular weight is 337 g/mol. The predicted octanol–water partition coefficient (Wildman–Crippen LogP) is 1.10. The van der Waals surface area contributed by atoms with Crippen molar-refractivity contribution >= 4 is 11.8 Å². The zero-order chi connectivity index (χ0) is 17.0. The Morgan fingerprint density at radius 1 is 0.958 bits per heavy atom. The number of carbonyl (C=O) groups excluding carboxylic acids is 2. The lowest BCUT2D eigenvalue weighted by Gasteiger charge is -2.48. The molecular formula is C18H31N3O3. The normalized spacial score (nSPS) is 29.0. The first-order chi connectivity index (χ1) is 11.6. The van der Waals surface area contributed by atoms with Crippen LogP contribution in [0.3, 0.4) is 0 Å². The SMILES string of the molecule is CC(=O)N1CCOC2(CCCN(C(=O)CCN3CCCCC3)C2)C1. The Morgan fingerprint density at radius 3 is 2.46 bits per heavy atom. The van der Waals surface area contributed by atoms with E-state index in [1.165, 1.54) is 19.3 Å². The minimum Gasteiger partial charge on any atom is -0.369 e. The Labute approximate surface area is 145 Å². The lowest BCUT2D eigenvalue weighted by atomic mass is 9.90. The van der Waals surface area contributed by atoms with Gasteiger partial charge in [0.05, 0.1) is 19.7 Å². The maximum atomic E-state index is 12.6. The third kappa shape index (κ3) is 4.28. The van der Waals surface area contributed by atoms with E-state index >= 15 is 0 Å². The minimum absolute atomic E-state index is 0.103. The van der Waals surface area contributed by atoms with Gasteiger partial charge in [-0.2, -0.15) is 0 Å². The van der Waals surface area contributed by atoms with E-state index in [-0.39, 0.29) is 17.4 Å². The predicted molar refractivity (Wildman–Crippen MR) is 91.7 cm³/mol. The highest BCUT2D eigenvalue weighted by Gasteiger charge is 2.42. The minimum atomic E-state index is -0.344. The van der Waals surface area contributed by atoms with Crippen LogP contribution in [-0.2, 0) is 14.3 Å². The van der Waals surface area contributed by atoms with Crippen molar-refractivity contribution in [3.8, 4) is 0 Å². The number of amides is 2. The summed E-state index contributed by atoms with van der Waals surface area (Å²) in [7, 11) is 0. The van der Waals surface area contributed by atoms with Crippen LogP contribution in [0.25, 0.3) is 0 Å². The summed E-state index contributed by atoms with van der Waals surface area (Å²) in [6.07, 6.45) is 6.34. The van der Waals surface area contributed by atoms with Crippen molar-refractivity contribution in [3.05, 3.63) is 0 Å². The lowest BCUT2D eigenvalue weighted by molar-refractivity contribution is -0.165. The monoisotopic (exact) mass is 337 g/mol. The van der Waals surface area contributed by atoms with Gasteiger partial charge < -0.3 is 19.4 Å². The van der Waals surface area contributed by atoms with Gasteiger partial charge in [-0.1, -0.05) is 6.42 Å². The van der Waals surface area contributed by atoms with Crippen LogP contribution in [0, 0.1) is 0 Å². The van der Waals surface area contributed by atoms with E-state index in [1.54, 1.807) is 6.92 Å². The molecule has 0 radical (unpaired) electrons. The third-order valence-corrected chi connectivity index (χ3v) is 5.68. The van der Waals surface area contributed by atoms with Gasteiger partial charge in [0.2, 0.25) is 11.8 Å². The van der Waals surface area contributed by atoms with E-state index in [1.807, 2.05) is 9.80 Å². The Hall–Kier alpha value is -1.14. The van der Waals surface area contributed by atoms with E-state index in [0.29, 0.717) is 32.7 Å². The van der Waals surface area contributed by atoms with Crippen molar-refractivity contribution < 1.29 is 14.3 Å². The molecule has 3 aliphatic heterocycles. The van der Waals surface area contributed by atoms with Crippen LogP contribution in [0.15, 0.2) is 0 Å². The number of rotatable bonds is 3. The molecular weight excluding hydrogens is 306 g/mol. The summed E-state index contributed by atoms with van der Waals surface area (Å²) in [5.41, 5.74) is -0.344. The maximum absolute atomic E-state index is 12.6. The molecule has 1 unspecified atom stereocenters. The quantitative estimate of drug-likeness (QED) is 0.774.